The first-order valence-corrected chi connectivity index (χ1v) is 11.4. The first kappa shape index (κ1) is 21.6. The van der Waals surface area contributed by atoms with Crippen molar-refractivity contribution in [3.63, 3.8) is 0 Å². The monoisotopic (exact) mass is 447 g/mol. The molecule has 0 bridgehead atoms. The number of rotatable bonds is 9. The van der Waals surface area contributed by atoms with Gasteiger partial charge in [0.25, 0.3) is 5.91 Å². The molecule has 0 aliphatic heterocycles. The lowest BCUT2D eigenvalue weighted by Crippen LogP contribution is -2.16. The first-order chi connectivity index (χ1) is 15.7. The third-order valence-corrected chi connectivity index (χ3v) is 6.14. The van der Waals surface area contributed by atoms with E-state index in [1.807, 2.05) is 49.4 Å². The molecule has 1 unspecified atom stereocenters. The fraction of sp³-hybridized carbons (Fsp3) is 0.200. The molecule has 3 heterocycles. The lowest BCUT2D eigenvalue weighted by molar-refractivity contribution is 0.0997. The van der Waals surface area contributed by atoms with Gasteiger partial charge in [-0.05, 0) is 61.4 Å². The number of hydrogen-bond acceptors (Lipinski definition) is 6. The SMILES string of the molecule is CCOc1ccc(C(Nc2ccccn2)c2cc(CC)sc2NC(=O)c2ccco2)cc1. The van der Waals surface area contributed by atoms with Crippen molar-refractivity contribution in [3.8, 4) is 5.75 Å². The topological polar surface area (TPSA) is 76.4 Å². The van der Waals surface area contributed by atoms with Crippen LogP contribution in [0.5, 0.6) is 5.75 Å². The van der Waals surface area contributed by atoms with Crippen LogP contribution in [0, 0.1) is 0 Å². The zero-order valence-electron chi connectivity index (χ0n) is 18.0. The van der Waals surface area contributed by atoms with Gasteiger partial charge in [-0.2, -0.15) is 0 Å². The molecule has 4 rings (SSSR count). The summed E-state index contributed by atoms with van der Waals surface area (Å²) in [6, 6.07) is 19.0. The predicted octanol–water partition coefficient (Wildman–Crippen LogP) is 6.15. The second kappa shape index (κ2) is 10.2. The summed E-state index contributed by atoms with van der Waals surface area (Å²) in [5.74, 6) is 1.57. The number of aryl methyl sites for hydroxylation is 1. The summed E-state index contributed by atoms with van der Waals surface area (Å²) in [7, 11) is 0. The third-order valence-electron chi connectivity index (χ3n) is 4.92. The summed E-state index contributed by atoms with van der Waals surface area (Å²) in [6.07, 6.45) is 4.11. The minimum absolute atomic E-state index is 0.218. The van der Waals surface area contributed by atoms with Crippen LogP contribution in [-0.2, 0) is 6.42 Å². The van der Waals surface area contributed by atoms with Gasteiger partial charge in [0.05, 0.1) is 18.9 Å². The zero-order valence-corrected chi connectivity index (χ0v) is 18.8. The number of pyridine rings is 1. The smallest absolute Gasteiger partial charge is 0.291 e. The molecule has 0 aliphatic rings. The van der Waals surface area contributed by atoms with Gasteiger partial charge in [-0.1, -0.05) is 25.1 Å². The third kappa shape index (κ3) is 5.00. The van der Waals surface area contributed by atoms with Crippen molar-refractivity contribution in [1.29, 1.82) is 0 Å². The van der Waals surface area contributed by atoms with Gasteiger partial charge in [0.2, 0.25) is 0 Å². The fourth-order valence-electron chi connectivity index (χ4n) is 3.38. The maximum Gasteiger partial charge on any atom is 0.291 e. The van der Waals surface area contributed by atoms with Crippen molar-refractivity contribution in [1.82, 2.24) is 4.98 Å². The zero-order chi connectivity index (χ0) is 22.3. The average Bonchev–Trinajstić information content (AvgIpc) is 3.49. The van der Waals surface area contributed by atoms with Crippen molar-refractivity contribution in [2.24, 2.45) is 0 Å². The first-order valence-electron chi connectivity index (χ1n) is 10.6. The van der Waals surface area contributed by atoms with E-state index in [9.17, 15) is 4.79 Å². The molecule has 3 aromatic heterocycles. The second-order valence-electron chi connectivity index (χ2n) is 7.08. The van der Waals surface area contributed by atoms with E-state index in [0.717, 1.165) is 34.1 Å². The van der Waals surface area contributed by atoms with E-state index >= 15 is 0 Å². The van der Waals surface area contributed by atoms with Crippen molar-refractivity contribution in [2.45, 2.75) is 26.3 Å². The summed E-state index contributed by atoms with van der Waals surface area (Å²) in [6.45, 7) is 4.68. The molecule has 1 amide bonds. The van der Waals surface area contributed by atoms with Gasteiger partial charge in [-0.3, -0.25) is 4.79 Å². The Hall–Kier alpha value is -3.58. The minimum Gasteiger partial charge on any atom is -0.494 e. The van der Waals surface area contributed by atoms with Crippen LogP contribution >= 0.6 is 11.3 Å². The molecule has 0 radical (unpaired) electrons. The number of carbonyl (C=O) groups is 1. The molecule has 0 fully saturated rings. The molecule has 1 atom stereocenters. The largest absolute Gasteiger partial charge is 0.494 e. The maximum atomic E-state index is 12.7. The van der Waals surface area contributed by atoms with E-state index in [1.54, 1.807) is 29.7 Å². The Morgan fingerprint density at radius 2 is 1.97 bits per heavy atom. The van der Waals surface area contributed by atoms with Crippen LogP contribution in [0.15, 0.2) is 77.5 Å². The molecule has 7 heteroatoms. The van der Waals surface area contributed by atoms with Gasteiger partial charge in [0, 0.05) is 16.6 Å². The molecular formula is C25H25N3O3S. The quantitative estimate of drug-likeness (QED) is 0.322. The Kier molecular flexibility index (Phi) is 6.87. The van der Waals surface area contributed by atoms with Crippen molar-refractivity contribution in [3.05, 3.63) is 94.9 Å². The van der Waals surface area contributed by atoms with Crippen LogP contribution in [0.3, 0.4) is 0 Å². The summed E-state index contributed by atoms with van der Waals surface area (Å²) in [5, 5.41) is 7.35. The van der Waals surface area contributed by atoms with Crippen LogP contribution in [0.1, 0.15) is 46.4 Å². The van der Waals surface area contributed by atoms with Crippen LogP contribution in [0.2, 0.25) is 0 Å². The molecule has 0 spiro atoms. The highest BCUT2D eigenvalue weighted by molar-refractivity contribution is 7.16. The number of amides is 1. The van der Waals surface area contributed by atoms with Crippen molar-refractivity contribution < 1.29 is 13.9 Å². The van der Waals surface area contributed by atoms with Gasteiger partial charge >= 0.3 is 0 Å². The number of carbonyl (C=O) groups excluding carboxylic acids is 1. The Bertz CT molecular complexity index is 1140. The predicted molar refractivity (Wildman–Crippen MR) is 128 cm³/mol. The Morgan fingerprint density at radius 1 is 1.12 bits per heavy atom. The van der Waals surface area contributed by atoms with Crippen LogP contribution in [0.4, 0.5) is 10.8 Å². The van der Waals surface area contributed by atoms with E-state index < -0.39 is 0 Å². The number of hydrogen-bond donors (Lipinski definition) is 2. The normalized spacial score (nSPS) is 11.7. The highest BCUT2D eigenvalue weighted by Gasteiger charge is 2.23. The molecule has 0 saturated carbocycles. The molecule has 1 aromatic carbocycles. The van der Waals surface area contributed by atoms with Gasteiger partial charge in [0.15, 0.2) is 5.76 Å². The van der Waals surface area contributed by atoms with E-state index in [0.29, 0.717) is 6.61 Å². The Labute approximate surface area is 191 Å². The molecule has 6 nitrogen and oxygen atoms in total. The van der Waals surface area contributed by atoms with E-state index in [2.05, 4.69) is 28.6 Å². The lowest BCUT2D eigenvalue weighted by Gasteiger charge is -2.21. The highest BCUT2D eigenvalue weighted by atomic mass is 32.1. The molecule has 32 heavy (non-hydrogen) atoms. The molecule has 2 N–H and O–H groups in total. The molecule has 0 saturated heterocycles. The number of benzene rings is 1. The number of anilines is 2. The van der Waals surface area contributed by atoms with Gasteiger partial charge < -0.3 is 19.8 Å². The molecule has 0 aliphatic carbocycles. The van der Waals surface area contributed by atoms with E-state index in [-0.39, 0.29) is 17.7 Å². The number of thiophene rings is 1. The van der Waals surface area contributed by atoms with E-state index in [4.69, 9.17) is 9.15 Å². The Balaban J connectivity index is 1.72. The molecular weight excluding hydrogens is 422 g/mol. The summed E-state index contributed by atoms with van der Waals surface area (Å²) < 4.78 is 10.9. The minimum atomic E-state index is -0.274. The average molecular weight is 448 g/mol. The van der Waals surface area contributed by atoms with E-state index in [1.165, 1.54) is 11.1 Å². The highest BCUT2D eigenvalue weighted by Crippen LogP contribution is 2.38. The number of nitrogens with zero attached hydrogens (tertiary/aromatic N) is 1. The lowest BCUT2D eigenvalue weighted by atomic mass is 9.99. The van der Waals surface area contributed by atoms with Crippen molar-refractivity contribution in [2.75, 3.05) is 17.2 Å². The van der Waals surface area contributed by atoms with Gasteiger partial charge in [-0.25, -0.2) is 4.98 Å². The summed E-state index contributed by atoms with van der Waals surface area (Å²) in [4.78, 5) is 18.3. The van der Waals surface area contributed by atoms with Gasteiger partial charge in [-0.15, -0.1) is 11.3 Å². The number of nitrogens with one attached hydrogen (secondary N) is 2. The number of furan rings is 1. The standard InChI is InChI=1S/C25H25N3O3S/c1-3-19-16-20(25(32-19)28-24(29)21-8-7-15-31-21)23(27-22-9-5-6-14-26-22)17-10-12-18(13-11-17)30-4-2/h5-16,23H,3-4H2,1-2H3,(H,26,27)(H,28,29). The molecule has 4 aromatic rings. The van der Waals surface area contributed by atoms with Crippen molar-refractivity contribution >= 4 is 28.1 Å². The molecule has 164 valence electrons. The number of aromatic nitrogens is 1. The second-order valence-corrected chi connectivity index (χ2v) is 8.21. The Morgan fingerprint density at radius 3 is 2.62 bits per heavy atom. The van der Waals surface area contributed by atoms with Crippen LogP contribution in [0.25, 0.3) is 0 Å². The fourth-order valence-corrected chi connectivity index (χ4v) is 4.41. The number of ether oxygens (including phenoxy) is 1. The van der Waals surface area contributed by atoms with Crippen LogP contribution < -0.4 is 15.4 Å². The van der Waals surface area contributed by atoms with Crippen LogP contribution in [-0.4, -0.2) is 17.5 Å². The summed E-state index contributed by atoms with van der Waals surface area (Å²) >= 11 is 1.57. The van der Waals surface area contributed by atoms with Gasteiger partial charge in [0.1, 0.15) is 16.6 Å². The maximum absolute atomic E-state index is 12.7. The summed E-state index contributed by atoms with van der Waals surface area (Å²) in [5.41, 5.74) is 2.01.